The van der Waals surface area contributed by atoms with Gasteiger partial charge in [0.2, 0.25) is 0 Å². The van der Waals surface area contributed by atoms with Gasteiger partial charge in [-0.1, -0.05) is 60.7 Å². The third-order valence-electron chi connectivity index (χ3n) is 3.78. The molecule has 1 aliphatic heterocycles. The normalized spacial score (nSPS) is 19.1. The van der Waals surface area contributed by atoms with Gasteiger partial charge in [-0.2, -0.15) is 0 Å². The lowest BCUT2D eigenvalue weighted by Crippen LogP contribution is -2.36. The molecule has 1 unspecified atom stereocenters. The summed E-state index contributed by atoms with van der Waals surface area (Å²) in [5, 5.41) is 3.42. The van der Waals surface area contributed by atoms with Crippen LogP contribution in [-0.2, 0) is 4.74 Å². The summed E-state index contributed by atoms with van der Waals surface area (Å²) >= 11 is 0. The monoisotopic (exact) mass is 267 g/mol. The molecule has 0 spiro atoms. The van der Waals surface area contributed by atoms with E-state index >= 15 is 0 Å². The van der Waals surface area contributed by atoms with Crippen molar-refractivity contribution in [1.29, 1.82) is 0 Å². The van der Waals surface area contributed by atoms with Crippen LogP contribution in [0.4, 0.5) is 0 Å². The SMILES string of the molecule is c1ccc(C(OC2CCCNC2)c2ccccc2)cc1. The molecule has 1 saturated heterocycles. The average molecular weight is 267 g/mol. The first kappa shape index (κ1) is 13.3. The molecule has 2 heteroatoms. The van der Waals surface area contributed by atoms with Gasteiger partial charge in [0, 0.05) is 6.54 Å². The minimum absolute atomic E-state index is 0.0299. The number of nitrogens with one attached hydrogen (secondary N) is 1. The number of benzene rings is 2. The van der Waals surface area contributed by atoms with Gasteiger partial charge in [-0.3, -0.25) is 0 Å². The minimum Gasteiger partial charge on any atom is -0.364 e. The predicted molar refractivity (Wildman–Crippen MR) is 81.7 cm³/mol. The van der Waals surface area contributed by atoms with Crippen LogP contribution in [0.2, 0.25) is 0 Å². The summed E-state index contributed by atoms with van der Waals surface area (Å²) in [6.45, 7) is 2.07. The van der Waals surface area contributed by atoms with Gasteiger partial charge in [0.25, 0.3) is 0 Å². The van der Waals surface area contributed by atoms with Crippen molar-refractivity contribution in [3.05, 3.63) is 71.8 Å². The van der Waals surface area contributed by atoms with Crippen molar-refractivity contribution in [1.82, 2.24) is 5.32 Å². The number of hydrogen-bond acceptors (Lipinski definition) is 2. The van der Waals surface area contributed by atoms with E-state index in [0.29, 0.717) is 6.10 Å². The Morgan fingerprint density at radius 1 is 0.900 bits per heavy atom. The van der Waals surface area contributed by atoms with Crippen molar-refractivity contribution in [2.45, 2.75) is 25.0 Å². The molecule has 0 aliphatic carbocycles. The summed E-state index contributed by atoms with van der Waals surface area (Å²) in [5.41, 5.74) is 2.45. The number of piperidine rings is 1. The second-order valence-electron chi connectivity index (χ2n) is 5.31. The minimum atomic E-state index is 0.0299. The van der Waals surface area contributed by atoms with Crippen LogP contribution in [0.15, 0.2) is 60.7 Å². The topological polar surface area (TPSA) is 21.3 Å². The van der Waals surface area contributed by atoms with E-state index in [1.165, 1.54) is 17.5 Å². The molecule has 1 heterocycles. The van der Waals surface area contributed by atoms with Gasteiger partial charge in [0.15, 0.2) is 0 Å². The molecule has 20 heavy (non-hydrogen) atoms. The largest absolute Gasteiger partial charge is 0.364 e. The van der Waals surface area contributed by atoms with Gasteiger partial charge >= 0.3 is 0 Å². The maximum absolute atomic E-state index is 6.40. The molecular weight excluding hydrogens is 246 g/mol. The average Bonchev–Trinajstić information content (AvgIpc) is 2.55. The zero-order valence-electron chi connectivity index (χ0n) is 11.7. The van der Waals surface area contributed by atoms with Crippen LogP contribution in [0.1, 0.15) is 30.1 Å². The molecule has 2 aromatic carbocycles. The first-order valence-electron chi connectivity index (χ1n) is 7.39. The molecule has 0 amide bonds. The highest BCUT2D eigenvalue weighted by molar-refractivity contribution is 5.30. The van der Waals surface area contributed by atoms with Crippen LogP contribution in [0, 0.1) is 0 Å². The van der Waals surface area contributed by atoms with Crippen LogP contribution in [0.25, 0.3) is 0 Å². The molecule has 0 radical (unpaired) electrons. The Morgan fingerprint density at radius 3 is 2.00 bits per heavy atom. The molecule has 0 saturated carbocycles. The molecular formula is C18H21NO. The first-order valence-corrected chi connectivity index (χ1v) is 7.39. The molecule has 104 valence electrons. The summed E-state index contributed by atoms with van der Waals surface area (Å²) in [4.78, 5) is 0. The Balaban J connectivity index is 1.83. The van der Waals surface area contributed by atoms with E-state index in [0.717, 1.165) is 19.5 Å². The zero-order chi connectivity index (χ0) is 13.6. The maximum Gasteiger partial charge on any atom is 0.108 e. The quantitative estimate of drug-likeness (QED) is 0.914. The fraction of sp³-hybridized carbons (Fsp3) is 0.333. The van der Waals surface area contributed by atoms with Crippen molar-refractivity contribution in [3.8, 4) is 0 Å². The molecule has 2 nitrogen and oxygen atoms in total. The van der Waals surface area contributed by atoms with Crippen LogP contribution in [-0.4, -0.2) is 19.2 Å². The van der Waals surface area contributed by atoms with Gasteiger partial charge in [0.1, 0.15) is 6.10 Å². The number of rotatable bonds is 4. The lowest BCUT2D eigenvalue weighted by atomic mass is 10.0. The molecule has 3 rings (SSSR count). The summed E-state index contributed by atoms with van der Waals surface area (Å²) in [5.74, 6) is 0. The molecule has 1 fully saturated rings. The van der Waals surface area contributed by atoms with Gasteiger partial charge in [-0.25, -0.2) is 0 Å². The lowest BCUT2D eigenvalue weighted by Gasteiger charge is -2.28. The standard InChI is InChI=1S/C18H21NO/c1-3-8-15(9-4-1)18(16-10-5-2-6-11-16)20-17-12-7-13-19-14-17/h1-6,8-11,17-19H,7,12-14H2. The van der Waals surface area contributed by atoms with Crippen LogP contribution >= 0.6 is 0 Å². The molecule has 2 aromatic rings. The lowest BCUT2D eigenvalue weighted by molar-refractivity contribution is -0.00427. The molecule has 0 bridgehead atoms. The molecule has 1 aliphatic rings. The highest BCUT2D eigenvalue weighted by Gasteiger charge is 2.21. The van der Waals surface area contributed by atoms with Crippen molar-refractivity contribution >= 4 is 0 Å². The Hall–Kier alpha value is -1.64. The Labute approximate surface area is 120 Å². The maximum atomic E-state index is 6.40. The van der Waals surface area contributed by atoms with Crippen LogP contribution < -0.4 is 5.32 Å². The fourth-order valence-electron chi connectivity index (χ4n) is 2.73. The second kappa shape index (κ2) is 6.69. The second-order valence-corrected chi connectivity index (χ2v) is 5.31. The fourth-order valence-corrected chi connectivity index (χ4v) is 2.73. The van der Waals surface area contributed by atoms with E-state index < -0.39 is 0 Å². The predicted octanol–water partition coefficient (Wildman–Crippen LogP) is 3.54. The summed E-state index contributed by atoms with van der Waals surface area (Å²) in [6.07, 6.45) is 2.67. The third kappa shape index (κ3) is 3.27. The number of hydrogen-bond donors (Lipinski definition) is 1. The van der Waals surface area contributed by atoms with Gasteiger partial charge in [-0.15, -0.1) is 0 Å². The van der Waals surface area contributed by atoms with Crippen molar-refractivity contribution in [2.24, 2.45) is 0 Å². The van der Waals surface area contributed by atoms with Gasteiger partial charge < -0.3 is 10.1 Å². The van der Waals surface area contributed by atoms with Crippen LogP contribution in [0.3, 0.4) is 0 Å². The highest BCUT2D eigenvalue weighted by atomic mass is 16.5. The van der Waals surface area contributed by atoms with E-state index in [1.807, 2.05) is 12.1 Å². The smallest absolute Gasteiger partial charge is 0.108 e. The van der Waals surface area contributed by atoms with E-state index in [1.54, 1.807) is 0 Å². The molecule has 1 N–H and O–H groups in total. The van der Waals surface area contributed by atoms with E-state index in [2.05, 4.69) is 53.8 Å². The summed E-state index contributed by atoms with van der Waals surface area (Å²) in [6, 6.07) is 21.0. The van der Waals surface area contributed by atoms with Gasteiger partial charge in [-0.05, 0) is 30.5 Å². The Kier molecular flexibility index (Phi) is 4.46. The summed E-state index contributed by atoms with van der Waals surface area (Å²) in [7, 11) is 0. The van der Waals surface area contributed by atoms with Crippen LogP contribution in [0.5, 0.6) is 0 Å². The van der Waals surface area contributed by atoms with E-state index in [-0.39, 0.29) is 6.10 Å². The van der Waals surface area contributed by atoms with Crippen molar-refractivity contribution in [3.63, 3.8) is 0 Å². The summed E-state index contributed by atoms with van der Waals surface area (Å²) < 4.78 is 6.40. The molecule has 0 aromatic heterocycles. The highest BCUT2D eigenvalue weighted by Crippen LogP contribution is 2.28. The number of ether oxygens (including phenoxy) is 1. The van der Waals surface area contributed by atoms with E-state index in [9.17, 15) is 0 Å². The van der Waals surface area contributed by atoms with E-state index in [4.69, 9.17) is 4.74 Å². The third-order valence-corrected chi connectivity index (χ3v) is 3.78. The van der Waals surface area contributed by atoms with Crippen molar-refractivity contribution in [2.75, 3.05) is 13.1 Å². The molecule has 1 atom stereocenters. The zero-order valence-corrected chi connectivity index (χ0v) is 11.7. The van der Waals surface area contributed by atoms with Gasteiger partial charge in [0.05, 0.1) is 6.10 Å². The Morgan fingerprint density at radius 2 is 1.50 bits per heavy atom. The Bertz CT molecular complexity index is 466. The first-order chi connectivity index (χ1) is 9.93. The van der Waals surface area contributed by atoms with Crippen molar-refractivity contribution < 1.29 is 4.74 Å².